The molecule has 1 aliphatic heterocycles. The van der Waals surface area contributed by atoms with Crippen molar-refractivity contribution in [1.82, 2.24) is 4.90 Å². The number of carbonyl (C=O) groups is 1. The van der Waals surface area contributed by atoms with Crippen molar-refractivity contribution in [2.75, 3.05) is 20.2 Å². The summed E-state index contributed by atoms with van der Waals surface area (Å²) in [5.74, 6) is 0.257. The van der Waals surface area contributed by atoms with Gasteiger partial charge in [-0.2, -0.15) is 0 Å². The van der Waals surface area contributed by atoms with Gasteiger partial charge in [0.1, 0.15) is 5.73 Å². The lowest BCUT2D eigenvalue weighted by Gasteiger charge is -2.33. The first-order valence-electron chi connectivity index (χ1n) is 8.18. The van der Waals surface area contributed by atoms with Crippen LogP contribution in [0.1, 0.15) is 47.5 Å². The summed E-state index contributed by atoms with van der Waals surface area (Å²) in [6.07, 6.45) is 0.913. The van der Waals surface area contributed by atoms with E-state index in [9.17, 15) is 9.18 Å². The molecule has 0 bridgehead atoms. The van der Waals surface area contributed by atoms with Crippen molar-refractivity contribution in [1.29, 1.82) is 0 Å². The normalized spacial score (nSPS) is 25.1. The van der Waals surface area contributed by atoms with Crippen LogP contribution in [-0.2, 0) is 14.0 Å². The van der Waals surface area contributed by atoms with E-state index in [0.29, 0.717) is 26.0 Å². The van der Waals surface area contributed by atoms with E-state index >= 15 is 0 Å². The van der Waals surface area contributed by atoms with Crippen molar-refractivity contribution < 1.29 is 23.2 Å². The zero-order valence-electron chi connectivity index (χ0n) is 14.9. The lowest BCUT2D eigenvalue weighted by atomic mass is 9.72. The zero-order chi connectivity index (χ0) is 17.4. The van der Waals surface area contributed by atoms with Crippen LogP contribution in [0.2, 0.25) is 0 Å². The monoisotopic (exact) mass is 327 g/mol. The average molecular weight is 327 g/mol. The molecule has 1 amide bonds. The molecule has 0 atom stereocenters. The molecule has 1 heterocycles. The Morgan fingerprint density at radius 2 is 1.83 bits per heavy atom. The van der Waals surface area contributed by atoms with E-state index in [1.54, 1.807) is 14.0 Å². The first-order chi connectivity index (χ1) is 10.6. The van der Waals surface area contributed by atoms with Gasteiger partial charge >= 0.3 is 13.2 Å². The molecule has 1 saturated heterocycles. The lowest BCUT2D eigenvalue weighted by Crippen LogP contribution is -2.41. The molecule has 0 aromatic carbocycles. The minimum absolute atomic E-state index is 0.257. The summed E-state index contributed by atoms with van der Waals surface area (Å²) in [7, 11) is 0.781. The van der Waals surface area contributed by atoms with Crippen molar-refractivity contribution in [2.45, 2.75) is 58.7 Å². The number of nitrogens with zero attached hydrogens (tertiary/aromatic N) is 1. The molecule has 0 unspecified atom stereocenters. The number of carbonyl (C=O) groups excluding carboxylic acids is 1. The van der Waals surface area contributed by atoms with E-state index < -0.39 is 18.3 Å². The smallest absolute Gasteiger partial charge is 0.450 e. The number of hydrogen-bond donors (Lipinski definition) is 0. The molecule has 0 spiro atoms. The van der Waals surface area contributed by atoms with E-state index in [1.807, 2.05) is 27.7 Å². The topological polar surface area (TPSA) is 48.0 Å². The fraction of sp³-hybridized carbons (Fsp3) is 0.812. The largest absolute Gasteiger partial charge is 0.525 e. The summed E-state index contributed by atoms with van der Waals surface area (Å²) in [4.78, 5) is 13.1. The fourth-order valence-electron chi connectivity index (χ4n) is 2.77. The highest BCUT2D eigenvalue weighted by Crippen LogP contribution is 2.43. The van der Waals surface area contributed by atoms with Crippen LogP contribution in [0.5, 0.6) is 0 Å². The number of allylic oxidation sites excluding steroid dienone is 1. The molecule has 0 radical (unpaired) electrons. The van der Waals surface area contributed by atoms with E-state index in [4.69, 9.17) is 14.0 Å². The van der Waals surface area contributed by atoms with Crippen LogP contribution in [0.15, 0.2) is 11.3 Å². The minimum Gasteiger partial charge on any atom is -0.450 e. The van der Waals surface area contributed by atoms with Crippen LogP contribution in [0.3, 0.4) is 0 Å². The Hall–Kier alpha value is -1.08. The molecular weight excluding hydrogens is 300 g/mol. The maximum atomic E-state index is 14.6. The Bertz CT molecular complexity index is 482. The van der Waals surface area contributed by atoms with Gasteiger partial charge in [-0.15, -0.1) is 0 Å². The second-order valence-electron chi connectivity index (χ2n) is 7.39. The third-order valence-electron chi connectivity index (χ3n) is 4.98. The van der Waals surface area contributed by atoms with Crippen molar-refractivity contribution in [2.24, 2.45) is 5.92 Å². The van der Waals surface area contributed by atoms with Crippen LogP contribution in [0.25, 0.3) is 0 Å². The number of hydrogen-bond acceptors (Lipinski definition) is 4. The summed E-state index contributed by atoms with van der Waals surface area (Å²) in [5, 5.41) is 0. The van der Waals surface area contributed by atoms with Gasteiger partial charge in [0.05, 0.1) is 17.8 Å². The molecule has 5 nitrogen and oxygen atoms in total. The van der Waals surface area contributed by atoms with Gasteiger partial charge in [0.25, 0.3) is 0 Å². The first kappa shape index (κ1) is 18.3. The van der Waals surface area contributed by atoms with Crippen LogP contribution in [-0.4, -0.2) is 49.5 Å². The number of amides is 1. The molecule has 2 rings (SSSR count). The fourth-order valence-corrected chi connectivity index (χ4v) is 2.77. The molecule has 23 heavy (non-hydrogen) atoms. The van der Waals surface area contributed by atoms with Crippen LogP contribution in [0, 0.1) is 5.92 Å². The van der Waals surface area contributed by atoms with Crippen LogP contribution in [0.4, 0.5) is 9.18 Å². The Balaban J connectivity index is 1.88. The van der Waals surface area contributed by atoms with Gasteiger partial charge in [0.2, 0.25) is 0 Å². The van der Waals surface area contributed by atoms with Gasteiger partial charge in [-0.1, -0.05) is 0 Å². The van der Waals surface area contributed by atoms with Gasteiger partial charge in [-0.3, -0.25) is 0 Å². The molecule has 130 valence electrons. The van der Waals surface area contributed by atoms with Gasteiger partial charge < -0.3 is 18.9 Å². The van der Waals surface area contributed by atoms with Crippen molar-refractivity contribution in [3.05, 3.63) is 11.3 Å². The zero-order valence-corrected chi connectivity index (χ0v) is 14.9. The molecule has 7 heteroatoms. The summed E-state index contributed by atoms with van der Waals surface area (Å²) < 4.78 is 30.9. The third-order valence-corrected chi connectivity index (χ3v) is 4.98. The van der Waals surface area contributed by atoms with Gasteiger partial charge in [-0.25, -0.2) is 9.18 Å². The van der Waals surface area contributed by atoms with Gasteiger partial charge in [-0.05, 0) is 59.0 Å². The number of halogens is 1. The molecule has 1 aliphatic carbocycles. The lowest BCUT2D eigenvalue weighted by molar-refractivity contribution is 0.00578. The number of rotatable bonds is 4. The van der Waals surface area contributed by atoms with Crippen molar-refractivity contribution in [3.8, 4) is 0 Å². The summed E-state index contributed by atoms with van der Waals surface area (Å²) >= 11 is 0. The predicted octanol–water partition coefficient (Wildman–Crippen LogP) is 3.34. The Labute approximate surface area is 138 Å². The molecule has 0 aromatic rings. The summed E-state index contributed by atoms with van der Waals surface area (Å²) in [6, 6.07) is 0. The molecular formula is C16H27BFNO4. The summed E-state index contributed by atoms with van der Waals surface area (Å²) in [6.45, 7) is 10.3. The molecule has 0 N–H and O–H groups in total. The van der Waals surface area contributed by atoms with Gasteiger partial charge in [0.15, 0.2) is 0 Å². The Morgan fingerprint density at radius 1 is 1.30 bits per heavy atom. The standard InChI is InChI=1S/C16H27BFNO4/c1-7-21-14(20)19(6)10-11-8-12(9-11)13(18)17-22-15(2,3)16(4,5)23-17/h11H,7-10H2,1-6H3. The quantitative estimate of drug-likeness (QED) is 0.743. The Kier molecular flexibility index (Phi) is 5.11. The summed E-state index contributed by atoms with van der Waals surface area (Å²) in [5.41, 5.74) is -0.657. The second-order valence-corrected chi connectivity index (χ2v) is 7.39. The second kappa shape index (κ2) is 6.44. The third kappa shape index (κ3) is 3.71. The minimum atomic E-state index is -0.918. The maximum Gasteiger partial charge on any atom is 0.525 e. The maximum absolute atomic E-state index is 14.6. The average Bonchev–Trinajstić information content (AvgIpc) is 2.61. The van der Waals surface area contributed by atoms with Crippen LogP contribution >= 0.6 is 0 Å². The van der Waals surface area contributed by atoms with E-state index in [-0.39, 0.29) is 17.7 Å². The molecule has 2 aliphatic rings. The van der Waals surface area contributed by atoms with Crippen molar-refractivity contribution >= 4 is 13.2 Å². The highest BCUT2D eigenvalue weighted by atomic mass is 19.1. The predicted molar refractivity (Wildman–Crippen MR) is 86.6 cm³/mol. The van der Waals surface area contributed by atoms with E-state index in [0.717, 1.165) is 5.57 Å². The molecule has 2 fully saturated rings. The van der Waals surface area contributed by atoms with Crippen LogP contribution < -0.4 is 0 Å². The molecule has 1 saturated carbocycles. The first-order valence-corrected chi connectivity index (χ1v) is 8.18. The van der Waals surface area contributed by atoms with Crippen molar-refractivity contribution in [3.63, 3.8) is 0 Å². The highest BCUT2D eigenvalue weighted by molar-refractivity contribution is 6.53. The SMILES string of the molecule is CCOC(=O)N(C)CC1CC(=C(F)B2OC(C)(C)C(C)(C)O2)C1. The van der Waals surface area contributed by atoms with E-state index in [1.165, 1.54) is 4.90 Å². The highest BCUT2D eigenvalue weighted by Gasteiger charge is 2.54. The number of ether oxygens (including phenoxy) is 1. The molecule has 0 aromatic heterocycles. The van der Waals surface area contributed by atoms with E-state index in [2.05, 4.69) is 0 Å². The Morgan fingerprint density at radius 3 is 2.30 bits per heavy atom. The van der Waals surface area contributed by atoms with Gasteiger partial charge in [0, 0.05) is 13.6 Å².